The molecule has 192 valence electrons. The second-order valence-corrected chi connectivity index (χ2v) is 9.83. The van der Waals surface area contributed by atoms with E-state index in [2.05, 4.69) is 9.71 Å². The molecule has 37 heavy (non-hydrogen) atoms. The number of nitrogen functional groups attached to an aromatic ring is 1. The largest absolute Gasteiger partial charge is 0.497 e. The van der Waals surface area contributed by atoms with Crippen LogP contribution in [0, 0.1) is 5.82 Å². The van der Waals surface area contributed by atoms with Crippen LogP contribution >= 0.6 is 0 Å². The van der Waals surface area contributed by atoms with Crippen molar-refractivity contribution in [3.05, 3.63) is 87.5 Å². The third kappa shape index (κ3) is 4.96. The zero-order valence-electron chi connectivity index (χ0n) is 20.0. The number of halogens is 1. The molecule has 0 unspecified atom stereocenters. The number of carbonyl (C=O) groups is 1. The van der Waals surface area contributed by atoms with Gasteiger partial charge in [0, 0.05) is 24.7 Å². The fourth-order valence-corrected chi connectivity index (χ4v) is 5.06. The highest BCUT2D eigenvalue weighted by atomic mass is 32.2. The first kappa shape index (κ1) is 25.6. The summed E-state index contributed by atoms with van der Waals surface area (Å²) in [4.78, 5) is 28.9. The van der Waals surface area contributed by atoms with E-state index in [1.807, 2.05) is 0 Å². The van der Waals surface area contributed by atoms with Gasteiger partial charge in [-0.15, -0.1) is 0 Å². The van der Waals surface area contributed by atoms with E-state index in [0.29, 0.717) is 23.6 Å². The first-order valence-electron chi connectivity index (χ1n) is 11.1. The van der Waals surface area contributed by atoms with Crippen molar-refractivity contribution in [3.63, 3.8) is 0 Å². The number of amides is 1. The molecule has 0 aliphatic carbocycles. The third-order valence-electron chi connectivity index (χ3n) is 5.78. The molecule has 4 aromatic rings. The molecule has 0 aliphatic rings. The summed E-state index contributed by atoms with van der Waals surface area (Å²) >= 11 is 0. The molecule has 0 atom stereocenters. The molecule has 2 aromatic carbocycles. The SMILES string of the molecule is CCn1c(N)c(C(N)=O)c(=O)c2ccc(Cc3ccc(NS(=O)(=O)c4cccc(OC)c4)c(F)c3)nc21. The Hall–Kier alpha value is -4.45. The van der Waals surface area contributed by atoms with Crippen molar-refractivity contribution in [2.24, 2.45) is 5.73 Å². The molecule has 0 saturated carbocycles. The zero-order chi connectivity index (χ0) is 26.9. The molecule has 0 fully saturated rings. The van der Waals surface area contributed by atoms with Gasteiger partial charge in [0.15, 0.2) is 0 Å². The van der Waals surface area contributed by atoms with Crippen LogP contribution in [0.3, 0.4) is 0 Å². The lowest BCUT2D eigenvalue weighted by Gasteiger charge is -2.15. The van der Waals surface area contributed by atoms with Gasteiger partial charge in [-0.3, -0.25) is 14.3 Å². The summed E-state index contributed by atoms with van der Waals surface area (Å²) in [6.07, 6.45) is 0.186. The number of methoxy groups -OCH3 is 1. The maximum Gasteiger partial charge on any atom is 0.262 e. The van der Waals surface area contributed by atoms with Crippen LogP contribution in [0.1, 0.15) is 28.5 Å². The van der Waals surface area contributed by atoms with Crippen LogP contribution in [-0.2, 0) is 23.0 Å². The smallest absolute Gasteiger partial charge is 0.262 e. The summed E-state index contributed by atoms with van der Waals surface area (Å²) < 4.78 is 49.1. The van der Waals surface area contributed by atoms with E-state index in [4.69, 9.17) is 16.2 Å². The predicted octanol–water partition coefficient (Wildman–Crippen LogP) is 2.64. The van der Waals surface area contributed by atoms with E-state index in [0.717, 1.165) is 0 Å². The number of carbonyl (C=O) groups excluding carboxylic acids is 1. The number of anilines is 2. The molecule has 2 heterocycles. The number of ether oxygens (including phenoxy) is 1. The number of rotatable bonds is 8. The number of primary amides is 1. The van der Waals surface area contributed by atoms with Gasteiger partial charge < -0.3 is 20.8 Å². The normalized spacial score (nSPS) is 11.4. The van der Waals surface area contributed by atoms with Crippen molar-refractivity contribution in [2.75, 3.05) is 17.6 Å². The Kier molecular flexibility index (Phi) is 6.86. The zero-order valence-corrected chi connectivity index (χ0v) is 20.8. The first-order valence-corrected chi connectivity index (χ1v) is 12.6. The predicted molar refractivity (Wildman–Crippen MR) is 138 cm³/mol. The average molecular weight is 526 g/mol. The molecular formula is C25H24FN5O5S. The molecule has 0 aliphatic heterocycles. The van der Waals surface area contributed by atoms with Gasteiger partial charge in [0.2, 0.25) is 5.43 Å². The Labute approximate surface area is 211 Å². The number of nitrogens with two attached hydrogens (primary N) is 2. The fourth-order valence-electron chi connectivity index (χ4n) is 3.96. The number of benzene rings is 2. The molecular weight excluding hydrogens is 501 g/mol. The number of aryl methyl sites for hydroxylation is 1. The van der Waals surface area contributed by atoms with Crippen LogP contribution in [0.15, 0.2) is 64.3 Å². The van der Waals surface area contributed by atoms with Gasteiger partial charge in [-0.25, -0.2) is 17.8 Å². The van der Waals surface area contributed by atoms with Crippen molar-refractivity contribution < 1.29 is 22.3 Å². The van der Waals surface area contributed by atoms with Crippen molar-refractivity contribution in [1.82, 2.24) is 9.55 Å². The van der Waals surface area contributed by atoms with Crippen molar-refractivity contribution >= 4 is 38.5 Å². The Morgan fingerprint density at radius 1 is 1.16 bits per heavy atom. The minimum Gasteiger partial charge on any atom is -0.497 e. The Morgan fingerprint density at radius 2 is 1.92 bits per heavy atom. The van der Waals surface area contributed by atoms with Crippen molar-refractivity contribution in [1.29, 1.82) is 0 Å². The van der Waals surface area contributed by atoms with E-state index in [1.54, 1.807) is 25.1 Å². The van der Waals surface area contributed by atoms with Gasteiger partial charge in [-0.1, -0.05) is 12.1 Å². The monoisotopic (exact) mass is 525 g/mol. The van der Waals surface area contributed by atoms with Gasteiger partial charge in [0.1, 0.15) is 28.6 Å². The van der Waals surface area contributed by atoms with Gasteiger partial charge in [0.05, 0.1) is 23.1 Å². The number of nitrogens with one attached hydrogen (secondary N) is 1. The lowest BCUT2D eigenvalue weighted by Crippen LogP contribution is -2.28. The maximum atomic E-state index is 14.9. The van der Waals surface area contributed by atoms with Gasteiger partial charge in [-0.05, 0) is 48.9 Å². The van der Waals surface area contributed by atoms with Crippen LogP contribution in [0.4, 0.5) is 15.9 Å². The van der Waals surface area contributed by atoms with Gasteiger partial charge >= 0.3 is 0 Å². The highest BCUT2D eigenvalue weighted by molar-refractivity contribution is 7.92. The average Bonchev–Trinajstić information content (AvgIpc) is 2.85. The number of pyridine rings is 2. The first-order chi connectivity index (χ1) is 17.6. The Bertz CT molecular complexity index is 1700. The molecule has 1 amide bonds. The maximum absolute atomic E-state index is 14.9. The minimum atomic E-state index is -4.05. The molecule has 2 aromatic heterocycles. The standard InChI is InChI=1S/C25H24FN5O5S/c1-3-31-23(27)21(24(28)33)22(32)18-9-8-15(29-25(18)31)11-14-7-10-20(19(26)12-14)30-37(34,35)17-6-4-5-16(13-17)36-2/h4-10,12-13,30H,3,11,27H2,1-2H3,(H2,28,33). The summed E-state index contributed by atoms with van der Waals surface area (Å²) in [5.74, 6) is -1.42. The molecule has 0 bridgehead atoms. The Balaban J connectivity index is 1.64. The van der Waals surface area contributed by atoms with E-state index in [1.165, 1.54) is 48.1 Å². The molecule has 10 nitrogen and oxygen atoms in total. The van der Waals surface area contributed by atoms with Crippen molar-refractivity contribution in [2.45, 2.75) is 24.8 Å². The number of aromatic nitrogens is 2. The molecule has 12 heteroatoms. The van der Waals surface area contributed by atoms with Crippen LogP contribution in [0.25, 0.3) is 11.0 Å². The highest BCUT2D eigenvalue weighted by Gasteiger charge is 2.20. The summed E-state index contributed by atoms with van der Waals surface area (Å²) in [6, 6.07) is 13.0. The second-order valence-electron chi connectivity index (χ2n) is 8.15. The summed E-state index contributed by atoms with van der Waals surface area (Å²) in [5.41, 5.74) is 11.5. The quantitative estimate of drug-likeness (QED) is 0.319. The van der Waals surface area contributed by atoms with E-state index < -0.39 is 27.2 Å². The molecule has 0 saturated heterocycles. The van der Waals surface area contributed by atoms with Gasteiger partial charge in [-0.2, -0.15) is 0 Å². The lowest BCUT2D eigenvalue weighted by atomic mass is 10.1. The van der Waals surface area contributed by atoms with Gasteiger partial charge in [0.25, 0.3) is 15.9 Å². The van der Waals surface area contributed by atoms with Crippen LogP contribution < -0.4 is 26.4 Å². The van der Waals surface area contributed by atoms with Crippen LogP contribution in [0.5, 0.6) is 5.75 Å². The number of hydrogen-bond donors (Lipinski definition) is 3. The second kappa shape index (κ2) is 9.90. The number of nitrogens with zero attached hydrogens (tertiary/aromatic N) is 2. The molecule has 0 spiro atoms. The van der Waals surface area contributed by atoms with E-state index >= 15 is 0 Å². The van der Waals surface area contributed by atoms with E-state index in [-0.39, 0.29) is 39.4 Å². The fraction of sp³-hybridized carbons (Fsp3) is 0.160. The highest BCUT2D eigenvalue weighted by Crippen LogP contribution is 2.24. The topological polar surface area (TPSA) is 159 Å². The van der Waals surface area contributed by atoms with Crippen molar-refractivity contribution in [3.8, 4) is 5.75 Å². The molecule has 4 rings (SSSR count). The number of hydrogen-bond acceptors (Lipinski definition) is 7. The Morgan fingerprint density at radius 3 is 2.57 bits per heavy atom. The number of sulfonamides is 1. The summed E-state index contributed by atoms with van der Waals surface area (Å²) in [7, 11) is -2.64. The molecule has 0 radical (unpaired) electrons. The summed E-state index contributed by atoms with van der Waals surface area (Å²) in [5, 5.41) is 0.182. The minimum absolute atomic E-state index is 0.0728. The number of fused-ring (bicyclic) bond motifs is 1. The van der Waals surface area contributed by atoms with Crippen LogP contribution in [-0.4, -0.2) is 31.0 Å². The van der Waals surface area contributed by atoms with E-state index in [9.17, 15) is 22.4 Å². The van der Waals surface area contributed by atoms with Crippen LogP contribution in [0.2, 0.25) is 0 Å². The summed E-state index contributed by atoms with van der Waals surface area (Å²) in [6.45, 7) is 2.11. The lowest BCUT2D eigenvalue weighted by molar-refractivity contribution is 0.0999. The third-order valence-corrected chi connectivity index (χ3v) is 7.15. The molecule has 5 N–H and O–H groups in total.